The third-order valence-corrected chi connectivity index (χ3v) is 6.58. The van der Waals surface area contributed by atoms with Crippen molar-refractivity contribution in [2.24, 2.45) is 4.99 Å². The molecular weight excluding hydrogens is 407 g/mol. The molecule has 3 heterocycles. The number of benzene rings is 1. The maximum atomic E-state index is 13.3. The molecule has 8 heteroatoms. The predicted molar refractivity (Wildman–Crippen MR) is 118 cm³/mol. The number of thiazole rings is 1. The van der Waals surface area contributed by atoms with Crippen LogP contribution in [0.1, 0.15) is 27.5 Å². The summed E-state index contributed by atoms with van der Waals surface area (Å²) in [6.07, 6.45) is 1.86. The number of aliphatic imine (C=N–C) groups is 1. The third-order valence-electron chi connectivity index (χ3n) is 4.71. The summed E-state index contributed by atoms with van der Waals surface area (Å²) in [5.41, 5.74) is 4.75. The zero-order valence-corrected chi connectivity index (χ0v) is 18.0. The lowest BCUT2D eigenvalue weighted by molar-refractivity contribution is -0.115. The van der Waals surface area contributed by atoms with Crippen LogP contribution in [0.5, 0.6) is 0 Å². The number of aromatic nitrogens is 2. The quantitative estimate of drug-likeness (QED) is 0.586. The maximum Gasteiger partial charge on any atom is 0.264 e. The van der Waals surface area contributed by atoms with Crippen molar-refractivity contribution >= 4 is 45.4 Å². The van der Waals surface area contributed by atoms with Crippen molar-refractivity contribution < 1.29 is 9.18 Å². The molecule has 2 aromatic heterocycles. The molecule has 1 aliphatic rings. The minimum atomic E-state index is -0.269. The number of hydrogen-bond donors (Lipinski definition) is 1. The van der Waals surface area contributed by atoms with E-state index in [9.17, 15) is 9.18 Å². The monoisotopic (exact) mass is 426 g/mol. The Morgan fingerprint density at radius 2 is 1.90 bits per heavy atom. The molecule has 1 N–H and O–H groups in total. The van der Waals surface area contributed by atoms with Gasteiger partial charge < -0.3 is 9.88 Å². The first-order valence-corrected chi connectivity index (χ1v) is 10.6. The molecule has 1 amide bonds. The first-order valence-electron chi connectivity index (χ1n) is 9.00. The van der Waals surface area contributed by atoms with Gasteiger partial charge >= 0.3 is 0 Å². The molecule has 0 unspecified atom stereocenters. The Morgan fingerprint density at radius 3 is 2.55 bits per heavy atom. The molecule has 3 aromatic rings. The van der Waals surface area contributed by atoms with Crippen LogP contribution in [-0.4, -0.2) is 20.6 Å². The zero-order chi connectivity index (χ0) is 20.7. The molecule has 1 saturated heterocycles. The highest BCUT2D eigenvalue weighted by Gasteiger charge is 2.25. The van der Waals surface area contributed by atoms with E-state index >= 15 is 0 Å². The van der Waals surface area contributed by atoms with E-state index in [1.54, 1.807) is 12.1 Å². The number of hydrogen-bond acceptors (Lipinski definition) is 5. The SMILES string of the molecule is Cc1nc(/N=C2\NC(=O)/C(=C/c3cc(C)n(-c4ccc(F)cc4)c3C)S2)sc1C. The highest BCUT2D eigenvalue weighted by atomic mass is 32.2. The van der Waals surface area contributed by atoms with Gasteiger partial charge in [0.1, 0.15) is 5.82 Å². The van der Waals surface area contributed by atoms with Gasteiger partial charge in [0, 0.05) is 22.0 Å². The van der Waals surface area contributed by atoms with Crippen molar-refractivity contribution in [2.45, 2.75) is 27.7 Å². The van der Waals surface area contributed by atoms with Crippen molar-refractivity contribution in [3.05, 3.63) is 68.6 Å². The molecule has 29 heavy (non-hydrogen) atoms. The minimum Gasteiger partial charge on any atom is -0.318 e. The Bertz CT molecular complexity index is 1150. The van der Waals surface area contributed by atoms with Crippen LogP contribution in [0.3, 0.4) is 0 Å². The van der Waals surface area contributed by atoms with Gasteiger partial charge in [0.2, 0.25) is 5.13 Å². The second-order valence-electron chi connectivity index (χ2n) is 6.76. The number of amides is 1. The van der Waals surface area contributed by atoms with Gasteiger partial charge in [-0.2, -0.15) is 4.99 Å². The molecule has 4 rings (SSSR count). The lowest BCUT2D eigenvalue weighted by Crippen LogP contribution is -2.19. The largest absolute Gasteiger partial charge is 0.318 e. The zero-order valence-electron chi connectivity index (χ0n) is 16.4. The van der Waals surface area contributed by atoms with Crippen LogP contribution in [0.4, 0.5) is 9.52 Å². The molecule has 5 nitrogen and oxygen atoms in total. The number of rotatable bonds is 3. The van der Waals surface area contributed by atoms with E-state index in [1.165, 1.54) is 35.2 Å². The van der Waals surface area contributed by atoms with Gasteiger partial charge in [-0.1, -0.05) is 11.3 Å². The molecule has 0 radical (unpaired) electrons. The van der Waals surface area contributed by atoms with Crippen molar-refractivity contribution in [3.63, 3.8) is 0 Å². The molecule has 0 saturated carbocycles. The van der Waals surface area contributed by atoms with E-state index in [0.29, 0.717) is 15.2 Å². The van der Waals surface area contributed by atoms with E-state index in [-0.39, 0.29) is 11.7 Å². The Hall–Kier alpha value is -2.71. The van der Waals surface area contributed by atoms with Crippen molar-refractivity contribution in [1.29, 1.82) is 0 Å². The molecule has 0 spiro atoms. The van der Waals surface area contributed by atoms with Crippen LogP contribution < -0.4 is 5.32 Å². The molecule has 1 fully saturated rings. The highest BCUT2D eigenvalue weighted by molar-refractivity contribution is 8.18. The Labute approximate surface area is 176 Å². The standard InChI is InChI=1S/C21H19FN4OS2/c1-11-9-15(13(3)26(11)17-7-5-16(22)6-8-17)10-18-19(27)24-21(29-18)25-20-23-12(2)14(4)28-20/h5-10H,1-4H3,(H,23,24,25,27)/b18-10-. The average Bonchev–Trinajstić information content (AvgIpc) is 3.26. The maximum absolute atomic E-state index is 13.3. The minimum absolute atomic E-state index is 0.176. The molecule has 0 atom stereocenters. The Balaban J connectivity index is 1.64. The summed E-state index contributed by atoms with van der Waals surface area (Å²) in [4.78, 5) is 23.0. The van der Waals surface area contributed by atoms with Crippen LogP contribution in [0, 0.1) is 33.5 Å². The van der Waals surface area contributed by atoms with E-state index in [1.807, 2.05) is 44.4 Å². The van der Waals surface area contributed by atoms with E-state index in [4.69, 9.17) is 0 Å². The predicted octanol–water partition coefficient (Wildman–Crippen LogP) is 5.20. The second-order valence-corrected chi connectivity index (χ2v) is 8.97. The smallest absolute Gasteiger partial charge is 0.264 e. The van der Waals surface area contributed by atoms with Crippen LogP contribution >= 0.6 is 23.1 Å². The van der Waals surface area contributed by atoms with Crippen molar-refractivity contribution in [3.8, 4) is 5.69 Å². The Morgan fingerprint density at radius 1 is 1.17 bits per heavy atom. The van der Waals surface area contributed by atoms with E-state index < -0.39 is 0 Å². The number of amidine groups is 1. The highest BCUT2D eigenvalue weighted by Crippen LogP contribution is 2.32. The number of aryl methyl sites for hydroxylation is 3. The average molecular weight is 427 g/mol. The first-order chi connectivity index (χ1) is 13.8. The van der Waals surface area contributed by atoms with Gasteiger partial charge in [-0.25, -0.2) is 9.37 Å². The number of carbonyl (C=O) groups excluding carboxylic acids is 1. The summed E-state index contributed by atoms with van der Waals surface area (Å²) in [6, 6.07) is 8.38. The summed E-state index contributed by atoms with van der Waals surface area (Å²) in [5.74, 6) is -0.444. The summed E-state index contributed by atoms with van der Waals surface area (Å²) in [6.45, 7) is 7.91. The topological polar surface area (TPSA) is 59.3 Å². The van der Waals surface area contributed by atoms with E-state index in [0.717, 1.165) is 33.2 Å². The number of carbonyl (C=O) groups is 1. The van der Waals surface area contributed by atoms with Gasteiger partial charge in [0.05, 0.1) is 10.6 Å². The van der Waals surface area contributed by atoms with Crippen LogP contribution in [0.2, 0.25) is 0 Å². The van der Waals surface area contributed by atoms with Gasteiger partial charge in [0.25, 0.3) is 5.91 Å². The summed E-state index contributed by atoms with van der Waals surface area (Å²) in [7, 11) is 0. The van der Waals surface area contributed by atoms with Crippen LogP contribution in [0.25, 0.3) is 11.8 Å². The number of nitrogens with one attached hydrogen (secondary N) is 1. The second kappa shape index (κ2) is 7.61. The molecule has 0 aliphatic carbocycles. The Kier molecular flexibility index (Phi) is 5.14. The van der Waals surface area contributed by atoms with Crippen LogP contribution in [-0.2, 0) is 4.79 Å². The molecular formula is C21H19FN4OS2. The fourth-order valence-electron chi connectivity index (χ4n) is 3.13. The molecule has 0 bridgehead atoms. The number of halogens is 1. The fraction of sp³-hybridized carbons (Fsp3) is 0.190. The summed E-state index contributed by atoms with van der Waals surface area (Å²) < 4.78 is 15.3. The fourth-order valence-corrected chi connectivity index (χ4v) is 4.79. The third kappa shape index (κ3) is 3.90. The lowest BCUT2D eigenvalue weighted by Gasteiger charge is -2.09. The lowest BCUT2D eigenvalue weighted by atomic mass is 10.2. The normalized spacial score (nSPS) is 16.8. The van der Waals surface area contributed by atoms with Crippen LogP contribution in [0.15, 0.2) is 40.2 Å². The number of thioether (sulfide) groups is 1. The molecule has 1 aliphatic heterocycles. The number of nitrogens with zero attached hydrogens (tertiary/aromatic N) is 3. The first kappa shape index (κ1) is 19.6. The van der Waals surface area contributed by atoms with Gasteiger partial charge in [-0.15, -0.1) is 0 Å². The van der Waals surface area contributed by atoms with Gasteiger partial charge in [-0.3, -0.25) is 4.79 Å². The van der Waals surface area contributed by atoms with Crippen molar-refractivity contribution in [1.82, 2.24) is 14.9 Å². The van der Waals surface area contributed by atoms with Gasteiger partial charge in [-0.05, 0) is 81.4 Å². The summed E-state index contributed by atoms with van der Waals surface area (Å²) >= 11 is 2.80. The van der Waals surface area contributed by atoms with Gasteiger partial charge in [0.15, 0.2) is 5.17 Å². The molecule has 148 valence electrons. The van der Waals surface area contributed by atoms with E-state index in [2.05, 4.69) is 15.3 Å². The van der Waals surface area contributed by atoms with Crippen molar-refractivity contribution in [2.75, 3.05) is 0 Å². The summed E-state index contributed by atoms with van der Waals surface area (Å²) in [5, 5.41) is 3.97. The molecule has 1 aromatic carbocycles.